The standard InChI is InChI=1S/C19H21F3N2O3S/c1-27-16-10-12-24(13-11-16)15-8-6-14(7-9-15)23-28(25,26)18-5-3-2-4-17(18)19(20,21)22/h2-9,16,23H,10-13H2,1H3. The van der Waals surface area contributed by atoms with Crippen LogP contribution < -0.4 is 9.62 Å². The number of nitrogens with one attached hydrogen (secondary N) is 1. The molecule has 0 spiro atoms. The van der Waals surface area contributed by atoms with Crippen molar-refractivity contribution in [1.29, 1.82) is 0 Å². The van der Waals surface area contributed by atoms with Gasteiger partial charge >= 0.3 is 6.18 Å². The van der Waals surface area contributed by atoms with Gasteiger partial charge in [0.2, 0.25) is 0 Å². The maximum absolute atomic E-state index is 13.1. The van der Waals surface area contributed by atoms with E-state index in [0.29, 0.717) is 0 Å². The number of benzene rings is 2. The molecular formula is C19H21F3N2O3S. The smallest absolute Gasteiger partial charge is 0.381 e. The Morgan fingerprint density at radius 3 is 2.21 bits per heavy atom. The summed E-state index contributed by atoms with van der Waals surface area (Å²) >= 11 is 0. The van der Waals surface area contributed by atoms with Crippen LogP contribution in [0.25, 0.3) is 0 Å². The maximum atomic E-state index is 13.1. The van der Waals surface area contributed by atoms with Crippen LogP contribution in [0.2, 0.25) is 0 Å². The van der Waals surface area contributed by atoms with Gasteiger partial charge in [-0.15, -0.1) is 0 Å². The van der Waals surface area contributed by atoms with Crippen molar-refractivity contribution in [3.63, 3.8) is 0 Å². The van der Waals surface area contributed by atoms with Gasteiger partial charge in [0.1, 0.15) is 0 Å². The van der Waals surface area contributed by atoms with Crippen molar-refractivity contribution in [1.82, 2.24) is 0 Å². The van der Waals surface area contributed by atoms with Crippen LogP contribution in [-0.4, -0.2) is 34.7 Å². The number of methoxy groups -OCH3 is 1. The summed E-state index contributed by atoms with van der Waals surface area (Å²) in [6, 6.07) is 10.7. The Hall–Kier alpha value is -2.26. The van der Waals surface area contributed by atoms with E-state index in [4.69, 9.17) is 4.74 Å². The van der Waals surface area contributed by atoms with Crippen molar-refractivity contribution in [3.8, 4) is 0 Å². The Labute approximate surface area is 162 Å². The molecule has 1 N–H and O–H groups in total. The third kappa shape index (κ3) is 4.59. The molecule has 2 aromatic carbocycles. The minimum absolute atomic E-state index is 0.201. The molecule has 0 unspecified atom stereocenters. The number of hydrogen-bond donors (Lipinski definition) is 1. The van der Waals surface area contributed by atoms with Crippen molar-refractivity contribution < 1.29 is 26.3 Å². The Bertz CT molecular complexity index is 907. The molecule has 0 bridgehead atoms. The number of anilines is 2. The number of halogens is 3. The molecule has 5 nitrogen and oxygen atoms in total. The van der Waals surface area contributed by atoms with Crippen molar-refractivity contribution >= 4 is 21.4 Å². The lowest BCUT2D eigenvalue weighted by molar-refractivity contribution is -0.139. The quantitative estimate of drug-likeness (QED) is 0.800. The van der Waals surface area contributed by atoms with Crippen LogP contribution in [0, 0.1) is 0 Å². The average molecular weight is 414 g/mol. The predicted molar refractivity (Wildman–Crippen MR) is 101 cm³/mol. The highest BCUT2D eigenvalue weighted by Crippen LogP contribution is 2.34. The third-order valence-corrected chi connectivity index (χ3v) is 6.18. The Morgan fingerprint density at radius 1 is 1.04 bits per heavy atom. The van der Waals surface area contributed by atoms with Crippen molar-refractivity contribution in [2.75, 3.05) is 29.8 Å². The largest absolute Gasteiger partial charge is 0.417 e. The summed E-state index contributed by atoms with van der Waals surface area (Å²) in [5.74, 6) is 0. The minimum Gasteiger partial charge on any atom is -0.381 e. The fourth-order valence-electron chi connectivity index (χ4n) is 3.24. The fraction of sp³-hybridized carbons (Fsp3) is 0.368. The second-order valence-electron chi connectivity index (χ2n) is 6.57. The molecule has 0 saturated carbocycles. The molecule has 9 heteroatoms. The number of hydrogen-bond acceptors (Lipinski definition) is 4. The molecule has 1 fully saturated rings. The Balaban J connectivity index is 1.76. The van der Waals surface area contributed by atoms with Gasteiger partial charge in [0.25, 0.3) is 10.0 Å². The summed E-state index contributed by atoms with van der Waals surface area (Å²) in [5, 5.41) is 0. The molecule has 0 aromatic heterocycles. The molecule has 1 aliphatic heterocycles. The summed E-state index contributed by atoms with van der Waals surface area (Å²) < 4.78 is 71.9. The van der Waals surface area contributed by atoms with Gasteiger partial charge in [-0.2, -0.15) is 13.2 Å². The highest BCUT2D eigenvalue weighted by atomic mass is 32.2. The molecule has 152 valence electrons. The van der Waals surface area contributed by atoms with Gasteiger partial charge in [-0.3, -0.25) is 4.72 Å². The first-order chi connectivity index (χ1) is 13.2. The molecule has 1 saturated heterocycles. The van der Waals surface area contributed by atoms with Gasteiger partial charge in [-0.05, 0) is 49.2 Å². The zero-order valence-corrected chi connectivity index (χ0v) is 16.1. The van der Waals surface area contributed by atoms with Crippen molar-refractivity contribution in [3.05, 3.63) is 54.1 Å². The molecule has 0 radical (unpaired) electrons. The zero-order valence-electron chi connectivity index (χ0n) is 15.2. The lowest BCUT2D eigenvalue weighted by atomic mass is 10.1. The monoisotopic (exact) mass is 414 g/mol. The lowest BCUT2D eigenvalue weighted by Gasteiger charge is -2.33. The minimum atomic E-state index is -4.76. The lowest BCUT2D eigenvalue weighted by Crippen LogP contribution is -2.36. The predicted octanol–water partition coefficient (Wildman–Crippen LogP) is 4.12. The number of piperidine rings is 1. The van der Waals surface area contributed by atoms with Crippen molar-refractivity contribution in [2.45, 2.75) is 30.0 Å². The van der Waals surface area contributed by atoms with E-state index < -0.39 is 26.7 Å². The van der Waals surface area contributed by atoms with Crippen LogP contribution in [0.4, 0.5) is 24.5 Å². The number of alkyl halides is 3. The second-order valence-corrected chi connectivity index (χ2v) is 8.22. The van der Waals surface area contributed by atoms with Crippen LogP contribution in [-0.2, 0) is 20.9 Å². The third-order valence-electron chi connectivity index (χ3n) is 4.74. The molecule has 0 aliphatic carbocycles. The highest BCUT2D eigenvalue weighted by molar-refractivity contribution is 7.92. The van der Waals surface area contributed by atoms with Crippen LogP contribution in [0.5, 0.6) is 0 Å². The van der Waals surface area contributed by atoms with Gasteiger partial charge in [0, 0.05) is 31.6 Å². The summed E-state index contributed by atoms with van der Waals surface area (Å²) in [4.78, 5) is 1.36. The number of nitrogens with zero attached hydrogens (tertiary/aromatic N) is 1. The molecule has 0 amide bonds. The van der Waals surface area contributed by atoms with Crippen LogP contribution in [0.15, 0.2) is 53.4 Å². The summed E-state index contributed by atoms with van der Waals surface area (Å²) in [6.45, 7) is 1.64. The molecule has 28 heavy (non-hydrogen) atoms. The first kappa shape index (κ1) is 20.5. The fourth-order valence-corrected chi connectivity index (χ4v) is 4.52. The van der Waals surface area contributed by atoms with Gasteiger partial charge in [-0.1, -0.05) is 12.1 Å². The van der Waals surface area contributed by atoms with Gasteiger partial charge < -0.3 is 9.64 Å². The molecule has 1 heterocycles. The van der Waals surface area contributed by atoms with Crippen LogP contribution >= 0.6 is 0 Å². The number of sulfonamides is 1. The Morgan fingerprint density at radius 2 is 1.64 bits per heavy atom. The summed E-state index contributed by atoms with van der Waals surface area (Å²) in [5.41, 5.74) is -0.0687. The van der Waals surface area contributed by atoms with E-state index in [-0.39, 0.29) is 11.8 Å². The summed E-state index contributed by atoms with van der Waals surface area (Å²) in [6.07, 6.45) is -2.71. The average Bonchev–Trinajstić information content (AvgIpc) is 2.68. The normalized spacial score (nSPS) is 16.2. The van der Waals surface area contributed by atoms with E-state index in [9.17, 15) is 21.6 Å². The molecule has 0 atom stereocenters. The van der Waals surface area contributed by atoms with Crippen molar-refractivity contribution in [2.24, 2.45) is 0 Å². The Kier molecular flexibility index (Phi) is 5.85. The van der Waals surface area contributed by atoms with Gasteiger partial charge in [-0.25, -0.2) is 8.42 Å². The second kappa shape index (κ2) is 8.00. The number of ether oxygens (including phenoxy) is 1. The van der Waals surface area contributed by atoms with E-state index in [0.717, 1.165) is 49.8 Å². The maximum Gasteiger partial charge on any atom is 0.417 e. The zero-order chi connectivity index (χ0) is 20.4. The SMILES string of the molecule is COC1CCN(c2ccc(NS(=O)(=O)c3ccccc3C(F)(F)F)cc2)CC1. The topological polar surface area (TPSA) is 58.6 Å². The number of rotatable bonds is 5. The molecule has 2 aromatic rings. The van der Waals surface area contributed by atoms with E-state index in [1.54, 1.807) is 31.4 Å². The first-order valence-electron chi connectivity index (χ1n) is 8.77. The highest BCUT2D eigenvalue weighted by Gasteiger charge is 2.36. The van der Waals surface area contributed by atoms with E-state index in [1.807, 2.05) is 0 Å². The van der Waals surface area contributed by atoms with E-state index >= 15 is 0 Å². The first-order valence-corrected chi connectivity index (χ1v) is 10.3. The van der Waals surface area contributed by atoms with Crippen LogP contribution in [0.1, 0.15) is 18.4 Å². The molecule has 3 rings (SSSR count). The molecular weight excluding hydrogens is 393 g/mol. The van der Waals surface area contributed by atoms with Gasteiger partial charge in [0.15, 0.2) is 0 Å². The van der Waals surface area contributed by atoms with Gasteiger partial charge in [0.05, 0.1) is 16.6 Å². The molecule has 1 aliphatic rings. The summed E-state index contributed by atoms with van der Waals surface area (Å²) in [7, 11) is -2.68. The van der Waals surface area contributed by atoms with E-state index in [2.05, 4.69) is 9.62 Å². The van der Waals surface area contributed by atoms with E-state index in [1.165, 1.54) is 6.07 Å². The van der Waals surface area contributed by atoms with Crippen LogP contribution in [0.3, 0.4) is 0 Å².